The van der Waals surface area contributed by atoms with Crippen LogP contribution in [0.4, 0.5) is 13.2 Å². The van der Waals surface area contributed by atoms with Crippen molar-refractivity contribution in [3.8, 4) is 39.6 Å². The number of nitrogens with zero attached hydrogens (tertiary/aromatic N) is 3. The van der Waals surface area contributed by atoms with Crippen molar-refractivity contribution in [2.75, 3.05) is 6.26 Å². The van der Waals surface area contributed by atoms with E-state index >= 15 is 0 Å². The first-order chi connectivity index (χ1) is 17.9. The van der Waals surface area contributed by atoms with Crippen LogP contribution in [0.15, 0.2) is 88.4 Å². The number of hydrogen-bond acceptors (Lipinski definition) is 5. The third-order valence-electron chi connectivity index (χ3n) is 5.68. The van der Waals surface area contributed by atoms with Gasteiger partial charge in [0.25, 0.3) is 0 Å². The molecule has 0 saturated heterocycles. The van der Waals surface area contributed by atoms with Crippen molar-refractivity contribution in [3.63, 3.8) is 0 Å². The fraction of sp³-hybridized carbons (Fsp3) is 0.0769. The van der Waals surface area contributed by atoms with E-state index in [0.29, 0.717) is 33.2 Å². The largest absolute Gasteiger partial charge is 0.452 e. The average molecular weight is 578 g/mol. The summed E-state index contributed by atoms with van der Waals surface area (Å²) in [6.45, 7) is 0. The summed E-state index contributed by atoms with van der Waals surface area (Å²) >= 11 is 13.1. The lowest BCUT2D eigenvalue weighted by Crippen LogP contribution is -2.02. The standard InChI is InChI=1S/C26H16Cl2F3N3O3S/c1-38(35,36)17-6-4-5-15(11-17)16-9-10-23(20(28)12-16)34-14-22(21-13-24(37-33-21)26(29,30)31)32-25(34)18-7-2-3-8-19(18)27/h2-14H,1H3. The molecule has 0 spiro atoms. The van der Waals surface area contributed by atoms with E-state index in [9.17, 15) is 21.6 Å². The van der Waals surface area contributed by atoms with Crippen molar-refractivity contribution in [1.82, 2.24) is 14.7 Å². The van der Waals surface area contributed by atoms with Crippen LogP contribution in [-0.4, -0.2) is 29.4 Å². The molecule has 38 heavy (non-hydrogen) atoms. The van der Waals surface area contributed by atoms with E-state index < -0.39 is 21.8 Å². The molecule has 0 aliphatic rings. The van der Waals surface area contributed by atoms with E-state index in [1.807, 2.05) is 0 Å². The second kappa shape index (κ2) is 9.61. The Morgan fingerprint density at radius 1 is 0.868 bits per heavy atom. The lowest BCUT2D eigenvalue weighted by Gasteiger charge is -2.12. The predicted molar refractivity (Wildman–Crippen MR) is 138 cm³/mol. The molecular formula is C26H16Cl2F3N3O3S. The summed E-state index contributed by atoms with van der Waals surface area (Å²) in [7, 11) is -3.41. The molecule has 0 bridgehead atoms. The fourth-order valence-electron chi connectivity index (χ4n) is 3.84. The fourth-order valence-corrected chi connectivity index (χ4v) is 5.00. The molecule has 0 unspecified atom stereocenters. The number of benzene rings is 3. The van der Waals surface area contributed by atoms with Crippen LogP contribution in [0.3, 0.4) is 0 Å². The zero-order valence-corrected chi connectivity index (χ0v) is 21.7. The molecular weight excluding hydrogens is 562 g/mol. The van der Waals surface area contributed by atoms with Gasteiger partial charge in [-0.25, -0.2) is 13.4 Å². The second-order valence-corrected chi connectivity index (χ2v) is 11.2. The highest BCUT2D eigenvalue weighted by Gasteiger charge is 2.36. The van der Waals surface area contributed by atoms with Crippen LogP contribution in [0.5, 0.6) is 0 Å². The maximum atomic E-state index is 13.1. The van der Waals surface area contributed by atoms with Gasteiger partial charge >= 0.3 is 6.18 Å². The first-order valence-electron chi connectivity index (χ1n) is 10.9. The highest BCUT2D eigenvalue weighted by molar-refractivity contribution is 7.90. The van der Waals surface area contributed by atoms with E-state index in [1.165, 1.54) is 12.3 Å². The Morgan fingerprint density at radius 3 is 2.26 bits per heavy atom. The third kappa shape index (κ3) is 5.07. The number of hydrogen-bond donors (Lipinski definition) is 0. The van der Waals surface area contributed by atoms with Crippen molar-refractivity contribution in [2.24, 2.45) is 0 Å². The summed E-state index contributed by atoms with van der Waals surface area (Å²) in [5, 5.41) is 4.18. The van der Waals surface area contributed by atoms with Crippen molar-refractivity contribution in [1.29, 1.82) is 0 Å². The van der Waals surface area contributed by atoms with Gasteiger partial charge in [0.1, 0.15) is 17.2 Å². The summed E-state index contributed by atoms with van der Waals surface area (Å²) in [6.07, 6.45) is -2.09. The van der Waals surface area contributed by atoms with Gasteiger partial charge in [0, 0.05) is 24.1 Å². The highest BCUT2D eigenvalue weighted by atomic mass is 35.5. The molecule has 0 amide bonds. The van der Waals surface area contributed by atoms with Crippen LogP contribution >= 0.6 is 23.2 Å². The molecule has 0 aliphatic carbocycles. The van der Waals surface area contributed by atoms with Gasteiger partial charge in [0.05, 0.1) is 20.6 Å². The van der Waals surface area contributed by atoms with Crippen LogP contribution in [0.2, 0.25) is 10.0 Å². The summed E-state index contributed by atoms with van der Waals surface area (Å²) in [4.78, 5) is 4.67. The molecule has 6 nitrogen and oxygen atoms in total. The zero-order valence-electron chi connectivity index (χ0n) is 19.4. The number of sulfone groups is 1. The Labute approximate surface area is 225 Å². The monoisotopic (exact) mass is 577 g/mol. The van der Waals surface area contributed by atoms with Gasteiger partial charge in [0.15, 0.2) is 9.84 Å². The number of halogens is 5. The van der Waals surface area contributed by atoms with Crippen LogP contribution in [0.25, 0.3) is 39.6 Å². The molecule has 0 N–H and O–H groups in total. The van der Waals surface area contributed by atoms with Crippen LogP contribution in [0, 0.1) is 0 Å². The third-order valence-corrected chi connectivity index (χ3v) is 7.42. The molecule has 2 aromatic heterocycles. The van der Waals surface area contributed by atoms with Gasteiger partial charge in [-0.3, -0.25) is 4.57 Å². The summed E-state index contributed by atoms with van der Waals surface area (Å²) in [6, 6.07) is 19.2. The van der Waals surface area contributed by atoms with Crippen molar-refractivity contribution < 1.29 is 26.1 Å². The minimum Gasteiger partial charge on any atom is -0.351 e. The molecule has 3 aromatic carbocycles. The van der Waals surface area contributed by atoms with Gasteiger partial charge in [-0.05, 0) is 47.5 Å². The van der Waals surface area contributed by atoms with E-state index in [4.69, 9.17) is 23.2 Å². The Hall–Kier alpha value is -3.60. The SMILES string of the molecule is CS(=O)(=O)c1cccc(-c2ccc(-n3cc(-c4cc(C(F)(F)F)on4)nc3-c3ccccc3Cl)c(Cl)c2)c1. The number of rotatable bonds is 5. The lowest BCUT2D eigenvalue weighted by atomic mass is 10.1. The first kappa shape index (κ1) is 26.0. The Morgan fingerprint density at radius 2 is 1.61 bits per heavy atom. The lowest BCUT2D eigenvalue weighted by molar-refractivity contribution is -0.155. The van der Waals surface area contributed by atoms with Crippen molar-refractivity contribution >= 4 is 33.0 Å². The average Bonchev–Trinajstić information content (AvgIpc) is 3.52. The van der Waals surface area contributed by atoms with E-state index in [2.05, 4.69) is 14.7 Å². The Balaban J connectivity index is 1.64. The Kier molecular flexibility index (Phi) is 6.58. The molecule has 2 heterocycles. The van der Waals surface area contributed by atoms with Crippen LogP contribution in [-0.2, 0) is 16.0 Å². The summed E-state index contributed by atoms with van der Waals surface area (Å²) in [5.41, 5.74) is 2.27. The molecule has 0 radical (unpaired) electrons. The van der Waals surface area contributed by atoms with E-state index in [1.54, 1.807) is 65.2 Å². The van der Waals surface area contributed by atoms with E-state index in [0.717, 1.165) is 12.3 Å². The number of aromatic nitrogens is 3. The number of alkyl halides is 3. The van der Waals surface area contributed by atoms with Gasteiger partial charge in [-0.1, -0.05) is 58.7 Å². The topological polar surface area (TPSA) is 78.0 Å². The summed E-state index contributed by atoms with van der Waals surface area (Å²) in [5.74, 6) is -0.934. The summed E-state index contributed by atoms with van der Waals surface area (Å²) < 4.78 is 69.3. The molecule has 0 atom stereocenters. The maximum absolute atomic E-state index is 13.1. The first-order valence-corrected chi connectivity index (χ1v) is 13.6. The Bertz CT molecular complexity index is 1780. The molecule has 0 saturated carbocycles. The smallest absolute Gasteiger partial charge is 0.351 e. The quantitative estimate of drug-likeness (QED) is 0.215. The number of imidazole rings is 1. The molecule has 0 fully saturated rings. The van der Waals surface area contributed by atoms with Crippen LogP contribution in [0.1, 0.15) is 5.76 Å². The van der Waals surface area contributed by atoms with Gasteiger partial charge in [-0.2, -0.15) is 13.2 Å². The molecule has 0 aliphatic heterocycles. The van der Waals surface area contributed by atoms with Crippen molar-refractivity contribution in [2.45, 2.75) is 11.1 Å². The molecule has 5 rings (SSSR count). The molecule has 5 aromatic rings. The van der Waals surface area contributed by atoms with Gasteiger partial charge < -0.3 is 4.52 Å². The normalized spacial score (nSPS) is 12.2. The highest BCUT2D eigenvalue weighted by Crippen LogP contribution is 2.37. The van der Waals surface area contributed by atoms with Gasteiger partial charge in [-0.15, -0.1) is 0 Å². The molecule has 194 valence electrons. The van der Waals surface area contributed by atoms with Gasteiger partial charge in [0.2, 0.25) is 5.76 Å². The van der Waals surface area contributed by atoms with Crippen LogP contribution < -0.4 is 0 Å². The second-order valence-electron chi connectivity index (χ2n) is 8.34. The van der Waals surface area contributed by atoms with E-state index in [-0.39, 0.29) is 21.3 Å². The zero-order chi connectivity index (χ0) is 27.2. The minimum absolute atomic E-state index is 0.111. The minimum atomic E-state index is -4.70. The predicted octanol–water partition coefficient (Wildman–Crippen LogP) is 7.59. The molecule has 12 heteroatoms. The maximum Gasteiger partial charge on any atom is 0.452 e. The van der Waals surface area contributed by atoms with Crippen molar-refractivity contribution in [3.05, 3.63) is 94.8 Å².